The number of hydrogen-bond acceptors (Lipinski definition) is 6. The van der Waals surface area contributed by atoms with E-state index in [1.165, 1.54) is 36.0 Å². The van der Waals surface area contributed by atoms with Gasteiger partial charge in [-0.25, -0.2) is 18.5 Å². The largest absolute Gasteiger partial charge is 0.431 e. The number of primary sulfonamides is 1. The lowest BCUT2D eigenvalue weighted by atomic mass is 10.1. The number of benzene rings is 3. The van der Waals surface area contributed by atoms with E-state index in [4.69, 9.17) is 9.56 Å². The third-order valence-corrected chi connectivity index (χ3v) is 6.66. The molecule has 7 nitrogen and oxygen atoms in total. The van der Waals surface area contributed by atoms with Crippen LogP contribution < -0.4 is 10.5 Å². The Kier molecular flexibility index (Phi) is 6.64. The normalized spacial score (nSPS) is 12.3. The summed E-state index contributed by atoms with van der Waals surface area (Å²) in [4.78, 5) is 17.3. The third-order valence-electron chi connectivity index (χ3n) is 4.79. The molecule has 33 heavy (non-hydrogen) atoms. The molecule has 9 heteroatoms. The van der Waals surface area contributed by atoms with Crippen molar-refractivity contribution in [2.24, 2.45) is 5.14 Å². The second-order valence-corrected chi connectivity index (χ2v) is 10.1. The van der Waals surface area contributed by atoms with Gasteiger partial charge in [0.2, 0.25) is 15.9 Å². The van der Waals surface area contributed by atoms with Crippen LogP contribution in [0.15, 0.2) is 99.5 Å². The predicted octanol–water partition coefficient (Wildman–Crippen LogP) is 4.78. The number of oxazole rings is 1. The van der Waals surface area contributed by atoms with Gasteiger partial charge in [-0.1, -0.05) is 72.4 Å². The van der Waals surface area contributed by atoms with E-state index in [1.54, 1.807) is 6.92 Å². The second-order valence-electron chi connectivity index (χ2n) is 7.21. The molecule has 0 bridgehead atoms. The molecular formula is C24H21N3O4S2. The number of hydrogen-bond donors (Lipinski definition) is 2. The quantitative estimate of drug-likeness (QED) is 0.369. The smallest absolute Gasteiger partial charge is 0.257 e. The van der Waals surface area contributed by atoms with E-state index in [2.05, 4.69) is 10.3 Å². The summed E-state index contributed by atoms with van der Waals surface area (Å²) < 4.78 is 28.8. The standard InChI is InChI=1S/C24H21N3O4S2/c1-16(23(28)26-19-12-14-20(15-13-19)33(25,29)30)32-24-27-21(17-8-4-2-5-9-17)22(31-24)18-10-6-3-7-11-18/h2-16H,1H3,(H,26,28)(H2,25,29,30)/t16-/m1/s1. The molecule has 0 saturated carbocycles. The van der Waals surface area contributed by atoms with Gasteiger partial charge in [0.15, 0.2) is 5.76 Å². The molecule has 0 saturated heterocycles. The molecule has 1 heterocycles. The highest BCUT2D eigenvalue weighted by molar-refractivity contribution is 8.00. The third kappa shape index (κ3) is 5.51. The number of nitrogens with two attached hydrogens (primary N) is 1. The van der Waals surface area contributed by atoms with Crippen LogP contribution in [0.3, 0.4) is 0 Å². The van der Waals surface area contributed by atoms with Crippen LogP contribution in [0.25, 0.3) is 22.6 Å². The van der Waals surface area contributed by atoms with Gasteiger partial charge in [0.05, 0.1) is 10.1 Å². The maximum absolute atomic E-state index is 12.7. The van der Waals surface area contributed by atoms with Crippen molar-refractivity contribution >= 4 is 33.4 Å². The van der Waals surface area contributed by atoms with Crippen molar-refractivity contribution in [3.05, 3.63) is 84.9 Å². The van der Waals surface area contributed by atoms with Gasteiger partial charge in [-0.15, -0.1) is 0 Å². The Morgan fingerprint density at radius 3 is 2.09 bits per heavy atom. The van der Waals surface area contributed by atoms with Gasteiger partial charge in [0.1, 0.15) is 5.69 Å². The first-order valence-corrected chi connectivity index (χ1v) is 12.5. The summed E-state index contributed by atoms with van der Waals surface area (Å²) in [7, 11) is -3.79. The number of amides is 1. The molecule has 4 rings (SSSR count). The van der Waals surface area contributed by atoms with Crippen molar-refractivity contribution in [2.45, 2.75) is 22.3 Å². The molecule has 168 valence electrons. The highest BCUT2D eigenvalue weighted by atomic mass is 32.2. The van der Waals surface area contributed by atoms with Crippen LogP contribution in [-0.4, -0.2) is 24.6 Å². The summed E-state index contributed by atoms with van der Waals surface area (Å²) >= 11 is 1.20. The zero-order valence-corrected chi connectivity index (χ0v) is 19.3. The Hall–Kier alpha value is -3.40. The first-order valence-electron chi connectivity index (χ1n) is 10.0. The first kappa shape index (κ1) is 22.8. The molecule has 1 amide bonds. The minimum Gasteiger partial charge on any atom is -0.431 e. The van der Waals surface area contributed by atoms with Gasteiger partial charge < -0.3 is 9.73 Å². The van der Waals surface area contributed by atoms with E-state index in [-0.39, 0.29) is 10.8 Å². The number of anilines is 1. The molecule has 0 unspecified atom stereocenters. The SMILES string of the molecule is C[C@@H](Sc1nc(-c2ccccc2)c(-c2ccccc2)o1)C(=O)Nc1ccc(S(N)(=O)=O)cc1. The summed E-state index contributed by atoms with van der Waals surface area (Å²) in [6.07, 6.45) is 0. The molecule has 3 aromatic carbocycles. The average Bonchev–Trinajstić information content (AvgIpc) is 3.24. The molecule has 1 atom stereocenters. The molecule has 0 aliphatic carbocycles. The number of thioether (sulfide) groups is 1. The van der Waals surface area contributed by atoms with Crippen LogP contribution >= 0.6 is 11.8 Å². The number of carbonyl (C=O) groups is 1. The number of rotatable bonds is 7. The van der Waals surface area contributed by atoms with E-state index in [0.717, 1.165) is 11.1 Å². The Morgan fingerprint density at radius 1 is 0.939 bits per heavy atom. The van der Waals surface area contributed by atoms with Crippen LogP contribution in [0.1, 0.15) is 6.92 Å². The topological polar surface area (TPSA) is 115 Å². The number of aromatic nitrogens is 1. The van der Waals surface area contributed by atoms with Crippen molar-refractivity contribution < 1.29 is 17.6 Å². The molecule has 0 aliphatic rings. The fourth-order valence-electron chi connectivity index (χ4n) is 3.10. The first-order chi connectivity index (χ1) is 15.8. The number of nitrogens with one attached hydrogen (secondary N) is 1. The lowest BCUT2D eigenvalue weighted by Gasteiger charge is -2.10. The van der Waals surface area contributed by atoms with Gasteiger partial charge in [0.25, 0.3) is 5.22 Å². The average molecular weight is 480 g/mol. The summed E-state index contributed by atoms with van der Waals surface area (Å²) in [6.45, 7) is 1.74. The minimum atomic E-state index is -3.79. The minimum absolute atomic E-state index is 0.0235. The molecule has 0 fully saturated rings. The zero-order chi connectivity index (χ0) is 23.4. The van der Waals surface area contributed by atoms with Crippen molar-refractivity contribution in [1.82, 2.24) is 4.98 Å². The van der Waals surface area contributed by atoms with E-state index in [0.29, 0.717) is 22.4 Å². The predicted molar refractivity (Wildman–Crippen MR) is 129 cm³/mol. The van der Waals surface area contributed by atoms with Gasteiger partial charge in [-0.3, -0.25) is 4.79 Å². The lowest BCUT2D eigenvalue weighted by Crippen LogP contribution is -2.22. The van der Waals surface area contributed by atoms with Crippen molar-refractivity contribution in [3.8, 4) is 22.6 Å². The Balaban J connectivity index is 1.53. The fourth-order valence-corrected chi connectivity index (χ4v) is 4.36. The van der Waals surface area contributed by atoms with Crippen LogP contribution in [0.4, 0.5) is 5.69 Å². The maximum atomic E-state index is 12.7. The number of carbonyl (C=O) groups excluding carboxylic acids is 1. The highest BCUT2D eigenvalue weighted by Crippen LogP contribution is 2.36. The fraction of sp³-hybridized carbons (Fsp3) is 0.0833. The molecule has 1 aromatic heterocycles. The summed E-state index contributed by atoms with van der Waals surface area (Å²) in [6, 6.07) is 25.1. The Bertz CT molecular complexity index is 1300. The Morgan fingerprint density at radius 2 is 1.52 bits per heavy atom. The molecule has 0 aliphatic heterocycles. The van der Waals surface area contributed by atoms with E-state index in [1.807, 2.05) is 60.7 Å². The van der Waals surface area contributed by atoms with E-state index in [9.17, 15) is 13.2 Å². The van der Waals surface area contributed by atoms with E-state index >= 15 is 0 Å². The van der Waals surface area contributed by atoms with Gasteiger partial charge in [-0.05, 0) is 31.2 Å². The summed E-state index contributed by atoms with van der Waals surface area (Å²) in [5.41, 5.74) is 2.97. The number of sulfonamides is 1. The molecular weight excluding hydrogens is 458 g/mol. The summed E-state index contributed by atoms with van der Waals surface area (Å²) in [5.74, 6) is 0.361. The monoisotopic (exact) mass is 479 g/mol. The van der Waals surface area contributed by atoms with Gasteiger partial charge >= 0.3 is 0 Å². The highest BCUT2D eigenvalue weighted by Gasteiger charge is 2.22. The number of nitrogens with zero attached hydrogens (tertiary/aromatic N) is 1. The molecule has 0 radical (unpaired) electrons. The molecule has 3 N–H and O–H groups in total. The zero-order valence-electron chi connectivity index (χ0n) is 17.6. The molecule has 0 spiro atoms. The van der Waals surface area contributed by atoms with Gasteiger partial charge in [-0.2, -0.15) is 0 Å². The second kappa shape index (κ2) is 9.62. The van der Waals surface area contributed by atoms with Crippen molar-refractivity contribution in [2.75, 3.05) is 5.32 Å². The Labute approximate surface area is 196 Å². The van der Waals surface area contributed by atoms with Crippen molar-refractivity contribution in [1.29, 1.82) is 0 Å². The van der Waals surface area contributed by atoms with E-state index < -0.39 is 15.3 Å². The van der Waals surface area contributed by atoms with Crippen LogP contribution in [0, 0.1) is 0 Å². The maximum Gasteiger partial charge on any atom is 0.257 e. The van der Waals surface area contributed by atoms with Crippen molar-refractivity contribution in [3.63, 3.8) is 0 Å². The lowest BCUT2D eigenvalue weighted by molar-refractivity contribution is -0.115. The molecule has 4 aromatic rings. The van der Waals surface area contributed by atoms with Crippen LogP contribution in [0.5, 0.6) is 0 Å². The van der Waals surface area contributed by atoms with Crippen LogP contribution in [-0.2, 0) is 14.8 Å². The van der Waals surface area contributed by atoms with Crippen LogP contribution in [0.2, 0.25) is 0 Å². The van der Waals surface area contributed by atoms with Gasteiger partial charge in [0, 0.05) is 16.8 Å². The summed E-state index contributed by atoms with van der Waals surface area (Å²) in [5, 5.41) is 7.72.